The molecule has 2 aromatic carbocycles. The van der Waals surface area contributed by atoms with Gasteiger partial charge < -0.3 is 10.4 Å². The van der Waals surface area contributed by atoms with E-state index < -0.39 is 23.2 Å². The monoisotopic (exact) mass is 527 g/mol. The van der Waals surface area contributed by atoms with E-state index in [9.17, 15) is 23.9 Å². The maximum absolute atomic E-state index is 13.9. The average Bonchev–Trinajstić information content (AvgIpc) is 3.18. The number of fused-ring (bicyclic) bond motifs is 1. The Hall–Kier alpha value is -3.53. The van der Waals surface area contributed by atoms with E-state index in [-0.39, 0.29) is 28.3 Å². The van der Waals surface area contributed by atoms with Crippen LogP contribution in [0.4, 0.5) is 14.2 Å². The molecular weight excluding hydrogens is 505 g/mol. The molecule has 0 aliphatic heterocycles. The molecule has 0 bridgehead atoms. The molecule has 2 heterocycles. The van der Waals surface area contributed by atoms with E-state index in [0.717, 1.165) is 11.3 Å². The third kappa shape index (κ3) is 4.90. The van der Waals surface area contributed by atoms with E-state index in [4.69, 9.17) is 11.6 Å². The molecule has 36 heavy (non-hydrogen) atoms. The molecule has 2 aromatic heterocycles. The molecule has 4 aromatic rings. The number of halogens is 2. The van der Waals surface area contributed by atoms with Gasteiger partial charge in [0, 0.05) is 17.0 Å². The Balaban J connectivity index is 1.95. The van der Waals surface area contributed by atoms with Crippen molar-refractivity contribution in [3.8, 4) is 5.69 Å². The molecule has 3 N–H and O–H groups in total. The number of thiophene rings is 1. The summed E-state index contributed by atoms with van der Waals surface area (Å²) in [5, 5.41) is 15.8. The average molecular weight is 528 g/mol. The summed E-state index contributed by atoms with van der Waals surface area (Å²) in [5.41, 5.74) is -0.193. The molecule has 2 amide bonds. The van der Waals surface area contributed by atoms with Crippen LogP contribution >= 0.6 is 22.9 Å². The third-order valence-corrected chi connectivity index (χ3v) is 6.98. The number of ketones is 1. The van der Waals surface area contributed by atoms with Gasteiger partial charge in [0.25, 0.3) is 5.56 Å². The number of nitrogens with one attached hydrogen (secondary N) is 2. The van der Waals surface area contributed by atoms with Crippen LogP contribution in [0, 0.1) is 12.7 Å². The fourth-order valence-corrected chi connectivity index (χ4v) is 5.09. The second-order valence-corrected chi connectivity index (χ2v) is 10.3. The van der Waals surface area contributed by atoms with E-state index in [1.165, 1.54) is 34.9 Å². The molecule has 0 saturated heterocycles. The van der Waals surface area contributed by atoms with Crippen molar-refractivity contribution in [1.82, 2.24) is 9.88 Å². The molecule has 0 aliphatic carbocycles. The van der Waals surface area contributed by atoms with Crippen LogP contribution in [-0.4, -0.2) is 33.6 Å². The summed E-state index contributed by atoms with van der Waals surface area (Å²) in [6, 6.07) is 13.0. The van der Waals surface area contributed by atoms with Gasteiger partial charge in [0.15, 0.2) is 5.78 Å². The largest absolute Gasteiger partial charge is 0.394 e. The number of hydrogen-bond donors (Lipinski definition) is 3. The highest BCUT2D eigenvalue weighted by Crippen LogP contribution is 2.38. The zero-order valence-electron chi connectivity index (χ0n) is 19.7. The van der Waals surface area contributed by atoms with Crippen molar-refractivity contribution < 1.29 is 19.1 Å². The summed E-state index contributed by atoms with van der Waals surface area (Å²) in [6.07, 6.45) is 0. The van der Waals surface area contributed by atoms with Crippen molar-refractivity contribution >= 4 is 50.0 Å². The molecule has 186 valence electrons. The number of urea groups is 1. The van der Waals surface area contributed by atoms with Gasteiger partial charge in [-0.15, -0.1) is 0 Å². The van der Waals surface area contributed by atoms with E-state index in [0.29, 0.717) is 26.5 Å². The molecule has 0 saturated carbocycles. The van der Waals surface area contributed by atoms with Crippen LogP contribution in [0.15, 0.2) is 59.4 Å². The van der Waals surface area contributed by atoms with E-state index in [1.807, 2.05) is 0 Å². The summed E-state index contributed by atoms with van der Waals surface area (Å²) in [7, 11) is 0. The summed E-state index contributed by atoms with van der Waals surface area (Å²) in [5.74, 6) is -0.899. The number of nitrogens with zero attached hydrogens (tertiary/aromatic N) is 1. The number of amides is 2. The number of aliphatic hydroxyl groups excluding tert-OH is 1. The Morgan fingerprint density at radius 3 is 2.53 bits per heavy atom. The summed E-state index contributed by atoms with van der Waals surface area (Å²) >= 11 is 7.42. The first-order chi connectivity index (χ1) is 17.0. The maximum atomic E-state index is 13.9. The Morgan fingerprint density at radius 1 is 1.14 bits per heavy atom. The minimum atomic E-state index is -0.918. The number of aromatic nitrogens is 1. The summed E-state index contributed by atoms with van der Waals surface area (Å²) in [6.45, 7) is 4.52. The van der Waals surface area contributed by atoms with Crippen LogP contribution in [0.25, 0.3) is 15.9 Å². The second kappa shape index (κ2) is 9.85. The predicted octanol–water partition coefficient (Wildman–Crippen LogP) is 5.28. The lowest BCUT2D eigenvalue weighted by Gasteiger charge is -2.23. The van der Waals surface area contributed by atoms with Gasteiger partial charge in [-0.1, -0.05) is 35.1 Å². The van der Waals surface area contributed by atoms with Crippen LogP contribution in [0.5, 0.6) is 0 Å². The van der Waals surface area contributed by atoms with Crippen molar-refractivity contribution in [3.63, 3.8) is 0 Å². The number of anilines is 1. The van der Waals surface area contributed by atoms with E-state index >= 15 is 0 Å². The highest BCUT2D eigenvalue weighted by atomic mass is 35.5. The Bertz CT molecular complexity index is 1560. The number of para-hydroxylation sites is 1. The van der Waals surface area contributed by atoms with Gasteiger partial charge in [-0.3, -0.25) is 19.5 Å². The minimum absolute atomic E-state index is 0.152. The van der Waals surface area contributed by atoms with Crippen molar-refractivity contribution in [2.75, 3.05) is 11.9 Å². The smallest absolute Gasteiger partial charge is 0.320 e. The van der Waals surface area contributed by atoms with Crippen molar-refractivity contribution in [3.05, 3.63) is 92.5 Å². The third-order valence-electron chi connectivity index (χ3n) is 5.56. The minimum Gasteiger partial charge on any atom is -0.394 e. The number of aryl methyl sites for hydroxylation is 1. The fraction of sp³-hybridized carbons (Fsp3) is 0.192. The molecule has 0 atom stereocenters. The number of benzene rings is 2. The molecule has 0 fully saturated rings. The zero-order valence-corrected chi connectivity index (χ0v) is 21.3. The highest BCUT2D eigenvalue weighted by molar-refractivity contribution is 7.23. The first kappa shape index (κ1) is 25.6. The number of pyridine rings is 1. The number of carbonyl (C=O) groups is 2. The Labute approximate surface area is 215 Å². The highest BCUT2D eigenvalue weighted by Gasteiger charge is 2.26. The van der Waals surface area contributed by atoms with Crippen LogP contribution in [0.3, 0.4) is 0 Å². The van der Waals surface area contributed by atoms with Gasteiger partial charge >= 0.3 is 6.03 Å². The lowest BCUT2D eigenvalue weighted by Crippen LogP contribution is -2.48. The standard InChI is InChI=1S/C26H23ClFN3O4S/c1-14-12-15(8-10-18(14)28)22(34)21-16-9-11-20(33)31(19-7-5-4-6-17(19)27)24(16)36-23(21)29-25(35)30-26(2,3)13-32/h4-12,32H,13H2,1-3H3,(H2,29,30,35). The van der Waals surface area contributed by atoms with Gasteiger partial charge in [0.2, 0.25) is 0 Å². The van der Waals surface area contributed by atoms with Crippen LogP contribution in [0.2, 0.25) is 5.02 Å². The van der Waals surface area contributed by atoms with Crippen LogP contribution in [-0.2, 0) is 0 Å². The first-order valence-corrected chi connectivity index (χ1v) is 12.2. The van der Waals surface area contributed by atoms with Gasteiger partial charge in [0.1, 0.15) is 15.6 Å². The zero-order chi connectivity index (χ0) is 26.2. The van der Waals surface area contributed by atoms with E-state index in [2.05, 4.69) is 10.6 Å². The molecule has 0 aliphatic rings. The second-order valence-electron chi connectivity index (χ2n) is 8.90. The van der Waals surface area contributed by atoms with E-state index in [1.54, 1.807) is 45.0 Å². The lowest BCUT2D eigenvalue weighted by atomic mass is 10.0. The Morgan fingerprint density at radius 2 is 1.86 bits per heavy atom. The molecule has 0 spiro atoms. The fourth-order valence-electron chi connectivity index (χ4n) is 3.67. The molecule has 4 rings (SSSR count). The summed E-state index contributed by atoms with van der Waals surface area (Å²) < 4.78 is 15.3. The molecular formula is C26H23ClFN3O4S. The molecule has 0 radical (unpaired) electrons. The first-order valence-electron chi connectivity index (χ1n) is 11.0. The molecule has 7 nitrogen and oxygen atoms in total. The number of rotatable bonds is 6. The summed E-state index contributed by atoms with van der Waals surface area (Å²) in [4.78, 5) is 39.8. The van der Waals surface area contributed by atoms with Gasteiger partial charge in [-0.05, 0) is 62.7 Å². The molecule has 10 heteroatoms. The van der Waals surface area contributed by atoms with Crippen molar-refractivity contribution in [1.29, 1.82) is 0 Å². The SMILES string of the molecule is Cc1cc(C(=O)c2c(NC(=O)NC(C)(C)CO)sc3c2ccc(=O)n3-c2ccccc2Cl)ccc1F. The topological polar surface area (TPSA) is 100 Å². The van der Waals surface area contributed by atoms with Crippen molar-refractivity contribution in [2.45, 2.75) is 26.3 Å². The quantitative estimate of drug-likeness (QED) is 0.297. The van der Waals surface area contributed by atoms with Gasteiger partial charge in [0.05, 0.1) is 28.4 Å². The lowest BCUT2D eigenvalue weighted by molar-refractivity contribution is 0.104. The number of aliphatic hydroxyl groups is 1. The molecule has 0 unspecified atom stereocenters. The number of hydrogen-bond acceptors (Lipinski definition) is 5. The van der Waals surface area contributed by atoms with Crippen LogP contribution < -0.4 is 16.2 Å². The number of carbonyl (C=O) groups excluding carboxylic acids is 2. The predicted molar refractivity (Wildman–Crippen MR) is 140 cm³/mol. The Kier molecular flexibility index (Phi) is 6.99. The van der Waals surface area contributed by atoms with Crippen molar-refractivity contribution in [2.24, 2.45) is 0 Å². The maximum Gasteiger partial charge on any atom is 0.320 e. The van der Waals surface area contributed by atoms with Crippen LogP contribution in [0.1, 0.15) is 35.3 Å². The van der Waals surface area contributed by atoms with Gasteiger partial charge in [-0.2, -0.15) is 0 Å². The normalized spacial score (nSPS) is 11.5. The van der Waals surface area contributed by atoms with Gasteiger partial charge in [-0.25, -0.2) is 9.18 Å².